The number of hydrogen-bond acceptors (Lipinski definition) is 3. The summed E-state index contributed by atoms with van der Waals surface area (Å²) in [6, 6.07) is 8.82. The van der Waals surface area contributed by atoms with Crippen molar-refractivity contribution in [3.05, 3.63) is 28.8 Å². The van der Waals surface area contributed by atoms with Crippen molar-refractivity contribution in [1.82, 2.24) is 0 Å². The molecular formula is C31H44N2O. The number of rotatable bonds is 10. The van der Waals surface area contributed by atoms with Gasteiger partial charge in [-0.25, -0.2) is 0 Å². The van der Waals surface area contributed by atoms with Gasteiger partial charge in [-0.15, -0.1) is 0 Å². The summed E-state index contributed by atoms with van der Waals surface area (Å²) < 4.78 is 6.36. The van der Waals surface area contributed by atoms with Crippen molar-refractivity contribution in [2.24, 2.45) is 16.7 Å². The van der Waals surface area contributed by atoms with E-state index in [4.69, 9.17) is 4.74 Å². The van der Waals surface area contributed by atoms with Gasteiger partial charge in [0.1, 0.15) is 23.5 Å². The van der Waals surface area contributed by atoms with Crippen LogP contribution in [-0.4, -0.2) is 6.61 Å². The number of benzene rings is 1. The molecule has 1 aromatic carbocycles. The van der Waals surface area contributed by atoms with Crippen molar-refractivity contribution in [3.8, 4) is 17.9 Å². The highest BCUT2D eigenvalue weighted by molar-refractivity contribution is 5.58. The topological polar surface area (TPSA) is 56.8 Å². The van der Waals surface area contributed by atoms with Crippen molar-refractivity contribution in [2.75, 3.05) is 6.61 Å². The molecule has 0 atom stereocenters. The highest BCUT2D eigenvalue weighted by Gasteiger charge is 2.48. The maximum absolute atomic E-state index is 10.0. The molecule has 0 saturated heterocycles. The van der Waals surface area contributed by atoms with E-state index >= 15 is 0 Å². The van der Waals surface area contributed by atoms with Crippen LogP contribution in [0.25, 0.3) is 0 Å². The van der Waals surface area contributed by atoms with E-state index < -0.39 is 0 Å². The predicted molar refractivity (Wildman–Crippen MR) is 138 cm³/mol. The predicted octanol–water partition coefficient (Wildman–Crippen LogP) is 8.80. The zero-order valence-corrected chi connectivity index (χ0v) is 21.6. The van der Waals surface area contributed by atoms with Gasteiger partial charge in [0.05, 0.1) is 12.2 Å². The Kier molecular flexibility index (Phi) is 8.24. The van der Waals surface area contributed by atoms with Gasteiger partial charge >= 0.3 is 0 Å². The second-order valence-electron chi connectivity index (χ2n) is 11.9. The molecule has 184 valence electrons. The molecule has 0 radical (unpaired) electrons. The van der Waals surface area contributed by atoms with Crippen LogP contribution in [0.4, 0.5) is 0 Å². The first-order valence-electron chi connectivity index (χ1n) is 14.2. The molecule has 0 aliphatic heterocycles. The molecule has 0 N–H and O–H groups in total. The fourth-order valence-corrected chi connectivity index (χ4v) is 7.43. The molecule has 34 heavy (non-hydrogen) atoms. The van der Waals surface area contributed by atoms with E-state index in [2.05, 4.69) is 32.1 Å². The summed E-state index contributed by atoms with van der Waals surface area (Å²) in [7, 11) is 0. The van der Waals surface area contributed by atoms with Crippen molar-refractivity contribution in [1.29, 1.82) is 10.5 Å². The van der Waals surface area contributed by atoms with Gasteiger partial charge in [-0.2, -0.15) is 10.5 Å². The Balaban J connectivity index is 1.41. The third-order valence-corrected chi connectivity index (χ3v) is 9.80. The molecule has 0 unspecified atom stereocenters. The maximum atomic E-state index is 10.0. The largest absolute Gasteiger partial charge is 0.492 e. The van der Waals surface area contributed by atoms with Gasteiger partial charge in [0.2, 0.25) is 0 Å². The van der Waals surface area contributed by atoms with Crippen molar-refractivity contribution >= 4 is 0 Å². The minimum absolute atomic E-state index is 0.268. The Labute approximate surface area is 207 Å². The quantitative estimate of drug-likeness (QED) is 0.328. The molecular weight excluding hydrogens is 416 g/mol. The molecule has 4 fully saturated rings. The van der Waals surface area contributed by atoms with Crippen LogP contribution in [0.3, 0.4) is 0 Å². The third-order valence-electron chi connectivity index (χ3n) is 9.80. The van der Waals surface area contributed by atoms with Crippen molar-refractivity contribution < 1.29 is 4.74 Å². The van der Waals surface area contributed by atoms with Crippen LogP contribution in [0.2, 0.25) is 0 Å². The van der Waals surface area contributed by atoms with E-state index in [-0.39, 0.29) is 5.41 Å². The van der Waals surface area contributed by atoms with Gasteiger partial charge in [-0.3, -0.25) is 0 Å². The van der Waals surface area contributed by atoms with E-state index in [1.807, 2.05) is 6.07 Å². The van der Waals surface area contributed by atoms with Crippen LogP contribution >= 0.6 is 0 Å². The summed E-state index contributed by atoms with van der Waals surface area (Å²) in [5.41, 5.74) is 2.98. The Bertz CT molecular complexity index is 888. The van der Waals surface area contributed by atoms with Gasteiger partial charge < -0.3 is 4.74 Å². The SMILES string of the molecule is CCCCCC1CCC(c2ccc(OCC34CCC(CCC)(CC3)CC4)c(C#N)c2C#N)CC1. The first-order chi connectivity index (χ1) is 16.6. The van der Waals surface area contributed by atoms with Crippen LogP contribution < -0.4 is 4.74 Å². The van der Waals surface area contributed by atoms with E-state index in [1.165, 1.54) is 89.9 Å². The fourth-order valence-electron chi connectivity index (χ4n) is 7.43. The van der Waals surface area contributed by atoms with Crippen LogP contribution in [0, 0.1) is 39.4 Å². The van der Waals surface area contributed by atoms with E-state index in [0.717, 1.165) is 24.3 Å². The molecule has 0 aromatic heterocycles. The first kappa shape index (κ1) is 25.1. The molecule has 0 spiro atoms. The number of nitriles is 2. The number of fused-ring (bicyclic) bond motifs is 3. The van der Waals surface area contributed by atoms with Crippen LogP contribution in [0.15, 0.2) is 12.1 Å². The van der Waals surface area contributed by atoms with Crippen LogP contribution in [-0.2, 0) is 0 Å². The van der Waals surface area contributed by atoms with Gasteiger partial charge in [0.25, 0.3) is 0 Å². The molecule has 3 nitrogen and oxygen atoms in total. The third kappa shape index (κ3) is 5.30. The number of hydrogen-bond donors (Lipinski definition) is 0. The first-order valence-corrected chi connectivity index (χ1v) is 14.2. The molecule has 0 amide bonds. The van der Waals surface area contributed by atoms with Crippen LogP contribution in [0.1, 0.15) is 139 Å². The van der Waals surface area contributed by atoms with Gasteiger partial charge in [0, 0.05) is 5.41 Å². The Morgan fingerprint density at radius 1 is 0.824 bits per heavy atom. The zero-order valence-electron chi connectivity index (χ0n) is 21.6. The number of unbranched alkanes of at least 4 members (excludes halogenated alkanes) is 2. The lowest BCUT2D eigenvalue weighted by Crippen LogP contribution is -2.44. The van der Waals surface area contributed by atoms with Crippen molar-refractivity contribution in [2.45, 2.75) is 122 Å². The average molecular weight is 461 g/mol. The number of nitrogens with zero attached hydrogens (tertiary/aromatic N) is 2. The Morgan fingerprint density at radius 2 is 1.47 bits per heavy atom. The summed E-state index contributed by atoms with van der Waals surface area (Å²) in [4.78, 5) is 0. The summed E-state index contributed by atoms with van der Waals surface area (Å²) in [5, 5.41) is 20.0. The van der Waals surface area contributed by atoms with Gasteiger partial charge in [-0.05, 0) is 99.5 Å². The lowest BCUT2D eigenvalue weighted by atomic mass is 9.53. The zero-order chi connectivity index (χ0) is 24.0. The highest BCUT2D eigenvalue weighted by atomic mass is 16.5. The summed E-state index contributed by atoms with van der Waals surface area (Å²) >= 11 is 0. The molecule has 4 aliphatic rings. The van der Waals surface area contributed by atoms with Crippen molar-refractivity contribution in [3.63, 3.8) is 0 Å². The average Bonchev–Trinajstić information content (AvgIpc) is 2.88. The molecule has 4 aliphatic carbocycles. The fraction of sp³-hybridized carbons (Fsp3) is 0.742. The minimum atomic E-state index is 0.268. The summed E-state index contributed by atoms with van der Waals surface area (Å²) in [6.45, 7) is 5.27. The highest BCUT2D eigenvalue weighted by Crippen LogP contribution is 2.58. The van der Waals surface area contributed by atoms with E-state index in [1.54, 1.807) is 0 Å². The molecule has 1 aromatic rings. The monoisotopic (exact) mass is 460 g/mol. The summed E-state index contributed by atoms with van der Waals surface area (Å²) in [6.07, 6.45) is 20.5. The van der Waals surface area contributed by atoms with E-state index in [0.29, 0.717) is 34.8 Å². The molecule has 2 bridgehead atoms. The number of ether oxygens (including phenoxy) is 1. The van der Waals surface area contributed by atoms with E-state index in [9.17, 15) is 10.5 Å². The lowest BCUT2D eigenvalue weighted by molar-refractivity contribution is -0.0402. The van der Waals surface area contributed by atoms with Gasteiger partial charge in [0.15, 0.2) is 0 Å². The second kappa shape index (κ2) is 11.2. The molecule has 3 heteroatoms. The molecule has 4 saturated carbocycles. The maximum Gasteiger partial charge on any atom is 0.138 e. The lowest BCUT2D eigenvalue weighted by Gasteiger charge is -2.53. The Morgan fingerprint density at radius 3 is 2.06 bits per heavy atom. The van der Waals surface area contributed by atoms with Crippen LogP contribution in [0.5, 0.6) is 5.75 Å². The van der Waals surface area contributed by atoms with Gasteiger partial charge in [-0.1, -0.05) is 52.0 Å². The Hall–Kier alpha value is -2.00. The minimum Gasteiger partial charge on any atom is -0.492 e. The second-order valence-corrected chi connectivity index (χ2v) is 11.9. The normalized spacial score (nSPS) is 30.5. The molecule has 5 rings (SSSR count). The summed E-state index contributed by atoms with van der Waals surface area (Å²) in [5.74, 6) is 1.87. The standard InChI is InChI=1S/C31H44N2O/c1-3-5-6-7-24-8-10-25(11-9-24)26-12-13-29(28(22-33)27(26)21-32)34-23-31-18-15-30(14-4-2,16-19-31)17-20-31/h12-13,24-25H,3-11,14-20,23H2,1-2H3. The smallest absolute Gasteiger partial charge is 0.138 e. The molecule has 0 heterocycles.